The van der Waals surface area contributed by atoms with Gasteiger partial charge in [-0.15, -0.1) is 0 Å². The third-order valence-corrected chi connectivity index (χ3v) is 3.61. The first-order valence-corrected chi connectivity index (χ1v) is 6.43. The highest BCUT2D eigenvalue weighted by atomic mass is 127. The lowest BCUT2D eigenvalue weighted by Gasteiger charge is -2.10. The highest BCUT2D eigenvalue weighted by molar-refractivity contribution is 14.1. The van der Waals surface area contributed by atoms with Gasteiger partial charge in [0.1, 0.15) is 5.75 Å². The van der Waals surface area contributed by atoms with Gasteiger partial charge in [-0.2, -0.15) is 0 Å². The quantitative estimate of drug-likeness (QED) is 0.638. The average Bonchev–Trinajstić information content (AvgIpc) is 2.32. The lowest BCUT2D eigenvalue weighted by atomic mass is 10.2. The number of amides is 1. The van der Waals surface area contributed by atoms with E-state index in [1.807, 2.05) is 0 Å². The van der Waals surface area contributed by atoms with Crippen LogP contribution in [0.4, 0.5) is 4.39 Å². The van der Waals surface area contributed by atoms with Crippen molar-refractivity contribution >= 4 is 40.1 Å². The first kappa shape index (κ1) is 14.5. The molecule has 0 saturated heterocycles. The van der Waals surface area contributed by atoms with Crippen LogP contribution in [0.25, 0.3) is 0 Å². The molecule has 1 N–H and O–H groups in total. The number of halogens is 3. The van der Waals surface area contributed by atoms with Crippen LogP contribution < -0.4 is 10.1 Å². The number of hydrogen-bond acceptors (Lipinski definition) is 2. The second kappa shape index (κ2) is 7.00. The molecule has 0 unspecified atom stereocenters. The van der Waals surface area contributed by atoms with Gasteiger partial charge in [0.15, 0.2) is 0 Å². The van der Waals surface area contributed by atoms with Crippen molar-refractivity contribution in [3.8, 4) is 5.75 Å². The molecule has 0 aliphatic carbocycles. The zero-order valence-electron chi connectivity index (χ0n) is 9.23. The standard InChI is InChI=1S/C11H12ClFINO2/c1-17-10-6-9(14)8(12)5-7(10)11(16)15-4-2-3-13/h5-6H,2-4H2,1H3,(H,15,16). The molecule has 0 spiro atoms. The summed E-state index contributed by atoms with van der Waals surface area (Å²) in [5.74, 6) is 0.144. The normalized spacial score (nSPS) is 10.1. The minimum Gasteiger partial charge on any atom is -0.496 e. The number of benzene rings is 1. The van der Waals surface area contributed by atoms with Gasteiger partial charge >= 0.3 is 0 Å². The van der Waals surface area contributed by atoms with Gasteiger partial charge in [0.25, 0.3) is 5.91 Å². The van der Waals surface area contributed by atoms with Gasteiger partial charge in [-0.1, -0.05) is 11.6 Å². The Kier molecular flexibility index (Phi) is 5.97. The molecule has 1 aromatic carbocycles. The van der Waals surface area contributed by atoms with E-state index in [2.05, 4.69) is 27.9 Å². The molecular weight excluding hydrogens is 359 g/mol. The summed E-state index contributed by atoms with van der Waals surface area (Å²) in [6.45, 7) is -0.160. The molecular formula is C11H12ClFINO2. The van der Waals surface area contributed by atoms with Crippen molar-refractivity contribution < 1.29 is 13.9 Å². The fourth-order valence-corrected chi connectivity index (χ4v) is 1.84. The van der Waals surface area contributed by atoms with Crippen LogP contribution in [0, 0.1) is 3.57 Å². The minimum absolute atomic E-state index is 0.294. The summed E-state index contributed by atoms with van der Waals surface area (Å²) in [5, 5.41) is 3.09. The molecule has 17 heavy (non-hydrogen) atoms. The molecule has 6 heteroatoms. The van der Waals surface area contributed by atoms with Crippen molar-refractivity contribution in [3.63, 3.8) is 0 Å². The van der Waals surface area contributed by atoms with E-state index in [-0.39, 0.29) is 5.91 Å². The summed E-state index contributed by atoms with van der Waals surface area (Å²) in [4.78, 5) is 11.8. The van der Waals surface area contributed by atoms with E-state index < -0.39 is 6.67 Å². The number of hydrogen-bond donors (Lipinski definition) is 1. The van der Waals surface area contributed by atoms with Gasteiger partial charge < -0.3 is 10.1 Å². The van der Waals surface area contributed by atoms with Crippen LogP contribution in [-0.2, 0) is 0 Å². The van der Waals surface area contributed by atoms with Crippen molar-refractivity contribution in [1.82, 2.24) is 5.32 Å². The molecule has 0 bridgehead atoms. The second-order valence-electron chi connectivity index (χ2n) is 3.27. The summed E-state index contributed by atoms with van der Waals surface area (Å²) in [6, 6.07) is 3.24. The van der Waals surface area contributed by atoms with E-state index >= 15 is 0 Å². The molecule has 0 aliphatic heterocycles. The molecule has 0 atom stereocenters. The fraction of sp³-hybridized carbons (Fsp3) is 0.364. The van der Waals surface area contributed by atoms with Gasteiger partial charge in [0.05, 0.1) is 24.4 Å². The Bertz CT molecular complexity index is 415. The predicted molar refractivity (Wildman–Crippen MR) is 73.6 cm³/mol. The van der Waals surface area contributed by atoms with Crippen molar-refractivity contribution in [2.45, 2.75) is 6.42 Å². The zero-order valence-corrected chi connectivity index (χ0v) is 12.1. The van der Waals surface area contributed by atoms with Crippen LogP contribution in [-0.4, -0.2) is 26.2 Å². The van der Waals surface area contributed by atoms with Crippen molar-refractivity contribution in [1.29, 1.82) is 0 Å². The van der Waals surface area contributed by atoms with Crippen LogP contribution >= 0.6 is 34.2 Å². The number of carbonyl (C=O) groups excluding carboxylic acids is 1. The highest BCUT2D eigenvalue weighted by Gasteiger charge is 2.14. The van der Waals surface area contributed by atoms with Gasteiger partial charge in [-0.25, -0.2) is 0 Å². The van der Waals surface area contributed by atoms with E-state index in [9.17, 15) is 9.18 Å². The van der Waals surface area contributed by atoms with Crippen molar-refractivity contribution in [3.05, 3.63) is 26.3 Å². The number of alkyl halides is 1. The monoisotopic (exact) mass is 371 g/mol. The summed E-state index contributed by atoms with van der Waals surface area (Å²) in [6.07, 6.45) is 0.298. The van der Waals surface area contributed by atoms with E-state index in [1.165, 1.54) is 7.11 Å². The molecule has 1 rings (SSSR count). The van der Waals surface area contributed by atoms with Crippen molar-refractivity contribution in [2.24, 2.45) is 0 Å². The number of rotatable bonds is 5. The third-order valence-electron chi connectivity index (χ3n) is 2.08. The lowest BCUT2D eigenvalue weighted by molar-refractivity contribution is 0.0949. The van der Waals surface area contributed by atoms with Gasteiger partial charge in [0, 0.05) is 10.1 Å². The minimum atomic E-state index is -0.454. The summed E-state index contributed by atoms with van der Waals surface area (Å²) in [7, 11) is 1.48. The van der Waals surface area contributed by atoms with E-state index in [1.54, 1.807) is 12.1 Å². The number of nitrogens with one attached hydrogen (secondary N) is 1. The van der Waals surface area contributed by atoms with Crippen LogP contribution in [0.3, 0.4) is 0 Å². The van der Waals surface area contributed by atoms with Gasteiger partial charge in [0.2, 0.25) is 0 Å². The van der Waals surface area contributed by atoms with Crippen LogP contribution in [0.2, 0.25) is 5.02 Å². The maximum Gasteiger partial charge on any atom is 0.255 e. The Morgan fingerprint density at radius 3 is 2.88 bits per heavy atom. The Morgan fingerprint density at radius 2 is 2.29 bits per heavy atom. The maximum absolute atomic E-state index is 11.9. The zero-order chi connectivity index (χ0) is 12.8. The Labute approximate surface area is 118 Å². The van der Waals surface area contributed by atoms with E-state index in [4.69, 9.17) is 16.3 Å². The SMILES string of the molecule is COc1cc(I)c(Cl)cc1C(=O)NCCCF. The van der Waals surface area contributed by atoms with E-state index in [0.717, 1.165) is 3.57 Å². The fourth-order valence-electron chi connectivity index (χ4n) is 1.24. The number of carbonyl (C=O) groups is 1. The van der Waals surface area contributed by atoms with Gasteiger partial charge in [-0.3, -0.25) is 9.18 Å². The average molecular weight is 372 g/mol. The van der Waals surface area contributed by atoms with E-state index in [0.29, 0.717) is 29.3 Å². The summed E-state index contributed by atoms with van der Waals surface area (Å²) >= 11 is 8.00. The third kappa shape index (κ3) is 3.99. The first-order chi connectivity index (χ1) is 8.10. The topological polar surface area (TPSA) is 38.3 Å². The lowest BCUT2D eigenvalue weighted by Crippen LogP contribution is -2.25. The maximum atomic E-state index is 11.9. The van der Waals surface area contributed by atoms with Gasteiger partial charge in [-0.05, 0) is 41.1 Å². The summed E-state index contributed by atoms with van der Waals surface area (Å²) in [5.41, 5.74) is 0.358. The molecule has 1 amide bonds. The smallest absolute Gasteiger partial charge is 0.255 e. The predicted octanol–water partition coefficient (Wildman–Crippen LogP) is 3.04. The van der Waals surface area contributed by atoms with Crippen molar-refractivity contribution in [2.75, 3.05) is 20.3 Å². The number of methoxy groups -OCH3 is 1. The molecule has 0 radical (unpaired) electrons. The first-order valence-electron chi connectivity index (χ1n) is 4.97. The molecule has 3 nitrogen and oxygen atoms in total. The molecule has 0 fully saturated rings. The Hall–Kier alpha value is -0.560. The molecule has 0 heterocycles. The second-order valence-corrected chi connectivity index (χ2v) is 4.83. The Balaban J connectivity index is 2.88. The molecule has 0 saturated carbocycles. The number of ether oxygens (including phenoxy) is 1. The molecule has 94 valence electrons. The molecule has 0 aliphatic rings. The highest BCUT2D eigenvalue weighted by Crippen LogP contribution is 2.28. The van der Waals surface area contributed by atoms with Crippen LogP contribution in [0.15, 0.2) is 12.1 Å². The Morgan fingerprint density at radius 1 is 1.59 bits per heavy atom. The molecule has 0 aromatic heterocycles. The molecule has 1 aromatic rings. The van der Waals surface area contributed by atoms with Crippen LogP contribution in [0.1, 0.15) is 16.8 Å². The van der Waals surface area contributed by atoms with Crippen LogP contribution in [0.5, 0.6) is 5.75 Å². The largest absolute Gasteiger partial charge is 0.496 e. The summed E-state index contributed by atoms with van der Waals surface area (Å²) < 4.78 is 17.8.